The quantitative estimate of drug-likeness (QED) is 0.329. The molecule has 8 heteroatoms. The van der Waals surface area contributed by atoms with E-state index < -0.39 is 23.6 Å². The molecule has 0 heterocycles. The highest BCUT2D eigenvalue weighted by molar-refractivity contribution is 6.66. The number of hydrogen-bond acceptors (Lipinski definition) is 5. The molecule has 0 aliphatic heterocycles. The van der Waals surface area contributed by atoms with Crippen LogP contribution in [0.5, 0.6) is 0 Å². The Kier molecular flexibility index (Phi) is 4.75. The van der Waals surface area contributed by atoms with Crippen LogP contribution in [-0.4, -0.2) is 37.2 Å². The summed E-state index contributed by atoms with van der Waals surface area (Å²) in [6.07, 6.45) is -4.84. The molecule has 0 saturated heterocycles. The lowest BCUT2D eigenvalue weighted by Gasteiger charge is -2.10. The SMILES string of the molecule is CCOC(=O)C(=N/C)/C(=N\N)C(F)(F)F. The zero-order valence-electron chi connectivity index (χ0n) is 8.13. The van der Waals surface area contributed by atoms with Crippen molar-refractivity contribution in [2.24, 2.45) is 15.9 Å². The first kappa shape index (κ1) is 13.4. The molecular weight excluding hydrogens is 215 g/mol. The minimum atomic E-state index is -4.84. The first-order chi connectivity index (χ1) is 6.88. The van der Waals surface area contributed by atoms with Crippen LogP contribution in [0.4, 0.5) is 13.2 Å². The molecule has 0 atom stereocenters. The third-order valence-electron chi connectivity index (χ3n) is 1.31. The van der Waals surface area contributed by atoms with E-state index in [4.69, 9.17) is 0 Å². The van der Waals surface area contributed by atoms with Gasteiger partial charge in [0.2, 0.25) is 0 Å². The summed E-state index contributed by atoms with van der Waals surface area (Å²) in [5, 5.41) is 2.49. The maximum absolute atomic E-state index is 12.3. The number of carbonyl (C=O) groups excluding carboxylic acids is 1. The second-order valence-electron chi connectivity index (χ2n) is 2.27. The second kappa shape index (κ2) is 5.32. The van der Waals surface area contributed by atoms with E-state index >= 15 is 0 Å². The van der Waals surface area contributed by atoms with Crippen LogP contribution < -0.4 is 5.84 Å². The van der Waals surface area contributed by atoms with Crippen LogP contribution in [0.25, 0.3) is 0 Å². The van der Waals surface area contributed by atoms with Gasteiger partial charge < -0.3 is 10.6 Å². The normalized spacial score (nSPS) is 13.9. The summed E-state index contributed by atoms with van der Waals surface area (Å²) in [5.74, 6) is 3.34. The van der Waals surface area contributed by atoms with Crippen molar-refractivity contribution in [3.63, 3.8) is 0 Å². The van der Waals surface area contributed by atoms with Gasteiger partial charge in [0, 0.05) is 7.05 Å². The highest BCUT2D eigenvalue weighted by Gasteiger charge is 2.42. The van der Waals surface area contributed by atoms with Crippen molar-refractivity contribution in [2.75, 3.05) is 13.7 Å². The van der Waals surface area contributed by atoms with Crippen LogP contribution in [0.1, 0.15) is 6.92 Å². The number of halogens is 3. The Morgan fingerprint density at radius 3 is 2.27 bits per heavy atom. The summed E-state index contributed by atoms with van der Waals surface area (Å²) in [4.78, 5) is 14.2. The molecule has 0 aromatic carbocycles. The molecular formula is C7H10F3N3O2. The molecule has 0 aromatic heterocycles. The molecule has 0 aromatic rings. The van der Waals surface area contributed by atoms with E-state index in [9.17, 15) is 18.0 Å². The van der Waals surface area contributed by atoms with Crippen LogP contribution in [0.15, 0.2) is 10.1 Å². The molecule has 0 aliphatic carbocycles. The van der Waals surface area contributed by atoms with Crippen molar-refractivity contribution >= 4 is 17.4 Å². The fourth-order valence-electron chi connectivity index (χ4n) is 0.762. The van der Waals surface area contributed by atoms with Crippen molar-refractivity contribution in [1.82, 2.24) is 0 Å². The Labute approximate surface area is 83.8 Å². The number of rotatable bonds is 3. The monoisotopic (exact) mass is 225 g/mol. The number of alkyl halides is 3. The topological polar surface area (TPSA) is 77.0 Å². The predicted octanol–water partition coefficient (Wildman–Crippen LogP) is 0.497. The standard InChI is InChI=1S/C7H10F3N3O2/c1-3-15-6(14)4(12-2)5(13-11)7(8,9)10/h3,11H2,1-2H3/b12-4+,13-5+. The molecule has 0 rings (SSSR count). The van der Waals surface area contributed by atoms with Crippen LogP contribution in [0.2, 0.25) is 0 Å². The van der Waals surface area contributed by atoms with Gasteiger partial charge in [-0.25, -0.2) is 4.79 Å². The third kappa shape index (κ3) is 3.56. The largest absolute Gasteiger partial charge is 0.461 e. The molecule has 86 valence electrons. The van der Waals surface area contributed by atoms with Gasteiger partial charge in [0.1, 0.15) is 0 Å². The number of carbonyl (C=O) groups is 1. The van der Waals surface area contributed by atoms with Gasteiger partial charge >= 0.3 is 12.1 Å². The smallest absolute Gasteiger partial charge is 0.437 e. The molecule has 0 unspecified atom stereocenters. The number of hydrogen-bond donors (Lipinski definition) is 1. The van der Waals surface area contributed by atoms with E-state index in [1.54, 1.807) is 0 Å². The molecule has 2 N–H and O–H groups in total. The Balaban J connectivity index is 5.07. The number of nitrogens with two attached hydrogens (primary N) is 1. The maximum Gasteiger partial charge on any atom is 0.437 e. The third-order valence-corrected chi connectivity index (χ3v) is 1.31. The average Bonchev–Trinajstić information content (AvgIpc) is 2.11. The molecule has 15 heavy (non-hydrogen) atoms. The van der Waals surface area contributed by atoms with Gasteiger partial charge in [-0.2, -0.15) is 18.3 Å². The predicted molar refractivity (Wildman–Crippen MR) is 47.7 cm³/mol. The van der Waals surface area contributed by atoms with Crippen LogP contribution >= 0.6 is 0 Å². The zero-order chi connectivity index (χ0) is 12.1. The Hall–Kier alpha value is -1.60. The van der Waals surface area contributed by atoms with Crippen molar-refractivity contribution in [3.8, 4) is 0 Å². The Morgan fingerprint density at radius 2 is 2.00 bits per heavy atom. The van der Waals surface area contributed by atoms with Gasteiger partial charge in [0.05, 0.1) is 6.61 Å². The van der Waals surface area contributed by atoms with E-state index in [1.807, 2.05) is 0 Å². The molecule has 0 spiro atoms. The Morgan fingerprint density at radius 1 is 1.47 bits per heavy atom. The zero-order valence-corrected chi connectivity index (χ0v) is 8.13. The summed E-state index contributed by atoms with van der Waals surface area (Å²) in [5.41, 5.74) is -2.49. The van der Waals surface area contributed by atoms with E-state index in [-0.39, 0.29) is 6.61 Å². The van der Waals surface area contributed by atoms with E-state index in [0.717, 1.165) is 7.05 Å². The lowest BCUT2D eigenvalue weighted by molar-refractivity contribution is -0.135. The van der Waals surface area contributed by atoms with Crippen molar-refractivity contribution in [2.45, 2.75) is 13.1 Å². The van der Waals surface area contributed by atoms with E-state index in [2.05, 4.69) is 20.7 Å². The maximum atomic E-state index is 12.3. The molecule has 0 fully saturated rings. The van der Waals surface area contributed by atoms with Crippen molar-refractivity contribution in [3.05, 3.63) is 0 Å². The van der Waals surface area contributed by atoms with Gasteiger partial charge in [0.15, 0.2) is 11.4 Å². The number of hydrazone groups is 1. The van der Waals surface area contributed by atoms with E-state index in [0.29, 0.717) is 0 Å². The van der Waals surface area contributed by atoms with Crippen LogP contribution in [-0.2, 0) is 9.53 Å². The molecule has 0 saturated carbocycles. The first-order valence-electron chi connectivity index (χ1n) is 3.87. The van der Waals surface area contributed by atoms with Gasteiger partial charge in [-0.05, 0) is 6.92 Å². The first-order valence-corrected chi connectivity index (χ1v) is 3.87. The molecule has 0 aliphatic rings. The fourth-order valence-corrected chi connectivity index (χ4v) is 0.762. The summed E-state index contributed by atoms with van der Waals surface area (Å²) in [7, 11) is 1.02. The minimum absolute atomic E-state index is 0.0619. The van der Waals surface area contributed by atoms with Crippen molar-refractivity contribution in [1.29, 1.82) is 0 Å². The molecule has 0 bridgehead atoms. The van der Waals surface area contributed by atoms with Gasteiger partial charge in [0.25, 0.3) is 0 Å². The highest BCUT2D eigenvalue weighted by atomic mass is 19.4. The lowest BCUT2D eigenvalue weighted by atomic mass is 10.2. The molecule has 0 radical (unpaired) electrons. The fraction of sp³-hybridized carbons (Fsp3) is 0.571. The summed E-state index contributed by atoms with van der Waals surface area (Å²) in [6.45, 7) is 1.39. The highest BCUT2D eigenvalue weighted by Crippen LogP contribution is 2.18. The van der Waals surface area contributed by atoms with Gasteiger partial charge in [-0.3, -0.25) is 4.99 Å². The van der Waals surface area contributed by atoms with Gasteiger partial charge in [-0.1, -0.05) is 0 Å². The van der Waals surface area contributed by atoms with Crippen LogP contribution in [0.3, 0.4) is 0 Å². The Bertz CT molecular complexity index is 296. The van der Waals surface area contributed by atoms with Crippen molar-refractivity contribution < 1.29 is 22.7 Å². The van der Waals surface area contributed by atoms with Gasteiger partial charge in [-0.15, -0.1) is 0 Å². The molecule has 0 amide bonds. The van der Waals surface area contributed by atoms with Crippen LogP contribution in [0, 0.1) is 0 Å². The average molecular weight is 225 g/mol. The summed E-state index contributed by atoms with van der Waals surface area (Å²) < 4.78 is 41.1. The number of esters is 1. The van der Waals surface area contributed by atoms with E-state index in [1.165, 1.54) is 6.92 Å². The molecule has 5 nitrogen and oxygen atoms in total. The second-order valence-corrected chi connectivity index (χ2v) is 2.27. The number of nitrogens with zero attached hydrogens (tertiary/aromatic N) is 2. The number of ether oxygens (including phenoxy) is 1. The summed E-state index contributed by atoms with van der Waals surface area (Å²) in [6, 6.07) is 0. The lowest BCUT2D eigenvalue weighted by Crippen LogP contribution is -2.38. The number of aliphatic imine (C=N–C) groups is 1. The minimum Gasteiger partial charge on any atom is -0.461 e. The summed E-state index contributed by atoms with van der Waals surface area (Å²) >= 11 is 0.